The fourth-order valence-corrected chi connectivity index (χ4v) is 2.28. The maximum atomic E-state index is 10.9. The van der Waals surface area contributed by atoms with Gasteiger partial charge in [-0.25, -0.2) is 9.59 Å². The van der Waals surface area contributed by atoms with Crippen molar-refractivity contribution in [2.75, 3.05) is 0 Å². The minimum absolute atomic E-state index is 0.490. The predicted molar refractivity (Wildman–Crippen MR) is 56.6 cm³/mol. The number of nitrogens with two attached hydrogens (primary N) is 2. The van der Waals surface area contributed by atoms with Gasteiger partial charge in [-0.05, 0) is 32.1 Å². The Kier molecular flexibility index (Phi) is 3.98. The fraction of sp³-hybridized carbons (Fsp3) is 0.800. The van der Waals surface area contributed by atoms with Crippen LogP contribution < -0.4 is 11.5 Å². The molecule has 0 radical (unpaired) electrons. The van der Waals surface area contributed by atoms with Gasteiger partial charge in [-0.2, -0.15) is 0 Å². The molecule has 1 aliphatic rings. The summed E-state index contributed by atoms with van der Waals surface area (Å²) in [7, 11) is 0. The summed E-state index contributed by atoms with van der Waals surface area (Å²) in [6, 6.07) is 0. The number of amides is 2. The van der Waals surface area contributed by atoms with Gasteiger partial charge >= 0.3 is 12.2 Å². The average Bonchev–Trinajstić information content (AvgIpc) is 2.19. The fourth-order valence-electron chi connectivity index (χ4n) is 2.28. The average molecular weight is 230 g/mol. The zero-order valence-electron chi connectivity index (χ0n) is 9.40. The van der Waals surface area contributed by atoms with Gasteiger partial charge in [0.15, 0.2) is 5.60 Å². The molecule has 1 rings (SSSR count). The Hall–Kier alpha value is -1.46. The van der Waals surface area contributed by atoms with Gasteiger partial charge in [0.25, 0.3) is 0 Å². The third-order valence-corrected chi connectivity index (χ3v) is 3.06. The highest BCUT2D eigenvalue weighted by Crippen LogP contribution is 2.36. The molecule has 1 saturated carbocycles. The molecule has 0 aromatic heterocycles. The molecule has 1 aliphatic carbocycles. The van der Waals surface area contributed by atoms with Gasteiger partial charge in [0.2, 0.25) is 0 Å². The normalized spacial score (nSPS) is 29.4. The molecule has 92 valence electrons. The van der Waals surface area contributed by atoms with Crippen LogP contribution >= 0.6 is 0 Å². The summed E-state index contributed by atoms with van der Waals surface area (Å²) in [5, 5.41) is 0. The predicted octanol–water partition coefficient (Wildman–Crippen LogP) is 1.27. The van der Waals surface area contributed by atoms with E-state index in [1.54, 1.807) is 0 Å². The second kappa shape index (κ2) is 5.05. The van der Waals surface area contributed by atoms with E-state index in [1.165, 1.54) is 0 Å². The highest BCUT2D eigenvalue weighted by atomic mass is 16.6. The zero-order chi connectivity index (χ0) is 12.2. The summed E-state index contributed by atoms with van der Waals surface area (Å²) in [6.45, 7) is 1.87. The van der Waals surface area contributed by atoms with Crippen molar-refractivity contribution in [2.24, 2.45) is 11.5 Å². The van der Waals surface area contributed by atoms with Crippen LogP contribution in [0.3, 0.4) is 0 Å². The summed E-state index contributed by atoms with van der Waals surface area (Å²) in [5.74, 6) is 0. The van der Waals surface area contributed by atoms with Crippen molar-refractivity contribution in [1.29, 1.82) is 0 Å². The second-order valence-corrected chi connectivity index (χ2v) is 4.01. The molecule has 0 aromatic rings. The molecule has 1 fully saturated rings. The van der Waals surface area contributed by atoms with E-state index in [4.69, 9.17) is 20.9 Å². The van der Waals surface area contributed by atoms with Crippen molar-refractivity contribution < 1.29 is 19.1 Å². The Balaban J connectivity index is 2.82. The van der Waals surface area contributed by atoms with Gasteiger partial charge in [-0.15, -0.1) is 0 Å². The summed E-state index contributed by atoms with van der Waals surface area (Å²) >= 11 is 0. The van der Waals surface area contributed by atoms with Crippen LogP contribution in [0.5, 0.6) is 0 Å². The van der Waals surface area contributed by atoms with Gasteiger partial charge in [0.05, 0.1) is 0 Å². The molecule has 0 spiro atoms. The van der Waals surface area contributed by atoms with E-state index in [-0.39, 0.29) is 0 Å². The molecule has 0 saturated heterocycles. The number of ether oxygens (including phenoxy) is 2. The lowest BCUT2D eigenvalue weighted by molar-refractivity contribution is -0.106. The minimum Gasteiger partial charge on any atom is -0.442 e. The number of hydrogen-bond acceptors (Lipinski definition) is 4. The lowest BCUT2D eigenvalue weighted by Crippen LogP contribution is -2.51. The van der Waals surface area contributed by atoms with Gasteiger partial charge in [-0.1, -0.05) is 6.92 Å². The van der Waals surface area contributed by atoms with Gasteiger partial charge in [0, 0.05) is 0 Å². The van der Waals surface area contributed by atoms with Crippen LogP contribution in [-0.2, 0) is 9.47 Å². The lowest BCUT2D eigenvalue weighted by atomic mass is 9.80. The number of primary amides is 2. The van der Waals surface area contributed by atoms with E-state index < -0.39 is 23.9 Å². The summed E-state index contributed by atoms with van der Waals surface area (Å²) in [5.41, 5.74) is 9.23. The molecule has 16 heavy (non-hydrogen) atoms. The summed E-state index contributed by atoms with van der Waals surface area (Å²) < 4.78 is 10.2. The number of hydrogen-bond donors (Lipinski definition) is 2. The second-order valence-electron chi connectivity index (χ2n) is 4.01. The monoisotopic (exact) mass is 230 g/mol. The maximum absolute atomic E-state index is 10.9. The van der Waals surface area contributed by atoms with Crippen molar-refractivity contribution in [3.8, 4) is 0 Å². The highest BCUT2D eigenvalue weighted by molar-refractivity contribution is 5.66. The summed E-state index contributed by atoms with van der Waals surface area (Å²) in [6.07, 6.45) is 1.49. The van der Waals surface area contributed by atoms with Crippen LogP contribution in [0.25, 0.3) is 0 Å². The van der Waals surface area contributed by atoms with Gasteiger partial charge in [0.1, 0.15) is 6.10 Å². The Morgan fingerprint density at radius 1 is 1.31 bits per heavy atom. The minimum atomic E-state index is -0.849. The number of rotatable bonds is 3. The van der Waals surface area contributed by atoms with Gasteiger partial charge in [-0.3, -0.25) is 0 Å². The Labute approximate surface area is 94.2 Å². The maximum Gasteiger partial charge on any atom is 0.405 e. The SMILES string of the molecule is CCC1(OC(N)=O)CCCCC1OC(N)=O. The summed E-state index contributed by atoms with van der Waals surface area (Å²) in [4.78, 5) is 21.7. The third-order valence-electron chi connectivity index (χ3n) is 3.06. The smallest absolute Gasteiger partial charge is 0.405 e. The molecule has 6 heteroatoms. The third kappa shape index (κ3) is 2.77. The first kappa shape index (κ1) is 12.6. The molecule has 0 aromatic carbocycles. The molecular weight excluding hydrogens is 212 g/mol. The van der Waals surface area contributed by atoms with E-state index >= 15 is 0 Å². The van der Waals surface area contributed by atoms with Crippen LogP contribution in [0.4, 0.5) is 9.59 Å². The molecular formula is C10H18N2O4. The quantitative estimate of drug-likeness (QED) is 0.761. The van der Waals surface area contributed by atoms with Crippen molar-refractivity contribution in [3.63, 3.8) is 0 Å². The first-order valence-corrected chi connectivity index (χ1v) is 5.44. The van der Waals surface area contributed by atoms with Crippen molar-refractivity contribution in [3.05, 3.63) is 0 Å². The lowest BCUT2D eigenvalue weighted by Gasteiger charge is -2.41. The topological polar surface area (TPSA) is 105 Å². The number of carbonyl (C=O) groups is 2. The molecule has 2 unspecified atom stereocenters. The van der Waals surface area contributed by atoms with E-state index in [0.29, 0.717) is 19.3 Å². The molecule has 4 N–H and O–H groups in total. The Morgan fingerprint density at radius 2 is 2.00 bits per heavy atom. The number of carbonyl (C=O) groups excluding carboxylic acids is 2. The highest BCUT2D eigenvalue weighted by Gasteiger charge is 2.44. The largest absolute Gasteiger partial charge is 0.442 e. The van der Waals surface area contributed by atoms with Gasteiger partial charge < -0.3 is 20.9 Å². The van der Waals surface area contributed by atoms with Crippen molar-refractivity contribution in [2.45, 2.75) is 50.7 Å². The van der Waals surface area contributed by atoms with E-state index in [1.807, 2.05) is 6.92 Å². The van der Waals surface area contributed by atoms with Crippen LogP contribution in [0.15, 0.2) is 0 Å². The van der Waals surface area contributed by atoms with Crippen LogP contribution in [0.2, 0.25) is 0 Å². The first-order valence-electron chi connectivity index (χ1n) is 5.44. The van der Waals surface area contributed by atoms with E-state index in [0.717, 1.165) is 12.8 Å². The molecule has 2 atom stereocenters. The van der Waals surface area contributed by atoms with Crippen molar-refractivity contribution >= 4 is 12.2 Å². The Morgan fingerprint density at radius 3 is 2.50 bits per heavy atom. The first-order chi connectivity index (χ1) is 7.50. The Bertz CT molecular complexity index is 282. The van der Waals surface area contributed by atoms with Crippen molar-refractivity contribution in [1.82, 2.24) is 0 Å². The van der Waals surface area contributed by atoms with E-state index in [2.05, 4.69) is 0 Å². The molecule has 6 nitrogen and oxygen atoms in total. The van der Waals surface area contributed by atoms with Crippen LogP contribution in [0.1, 0.15) is 39.0 Å². The molecule has 0 heterocycles. The standard InChI is InChI=1S/C10H18N2O4/c1-2-10(16-9(12)14)6-4-3-5-7(10)15-8(11)13/h7H,2-6H2,1H3,(H2,11,13)(H2,12,14). The van der Waals surface area contributed by atoms with Crippen LogP contribution in [0, 0.1) is 0 Å². The molecule has 2 amide bonds. The van der Waals surface area contributed by atoms with Crippen LogP contribution in [-0.4, -0.2) is 23.9 Å². The molecule has 0 bridgehead atoms. The zero-order valence-corrected chi connectivity index (χ0v) is 9.40. The molecule has 0 aliphatic heterocycles. The van der Waals surface area contributed by atoms with E-state index in [9.17, 15) is 9.59 Å².